The standard InChI is InChI=1S/C14H15N3O3/c1-9-15-13(20-16-9)8-17-7-6-11(14(18)19)10-4-2-3-5-12(10)17/h2-5,11H,6-8H2,1H3,(H,18,19). The summed E-state index contributed by atoms with van der Waals surface area (Å²) >= 11 is 0. The van der Waals surface area contributed by atoms with Crippen molar-refractivity contribution in [3.63, 3.8) is 0 Å². The molecule has 0 spiro atoms. The van der Waals surface area contributed by atoms with Crippen LogP contribution in [0.1, 0.15) is 29.6 Å². The molecule has 0 amide bonds. The number of fused-ring (bicyclic) bond motifs is 1. The predicted molar refractivity (Wildman–Crippen MR) is 71.5 cm³/mol. The van der Waals surface area contributed by atoms with Gasteiger partial charge in [0.25, 0.3) is 0 Å². The largest absolute Gasteiger partial charge is 0.481 e. The molecule has 0 radical (unpaired) electrons. The fraction of sp³-hybridized carbons (Fsp3) is 0.357. The van der Waals surface area contributed by atoms with E-state index in [-0.39, 0.29) is 0 Å². The predicted octanol–water partition coefficient (Wildman–Crippen LogP) is 1.96. The van der Waals surface area contributed by atoms with E-state index in [2.05, 4.69) is 15.0 Å². The Kier molecular flexibility index (Phi) is 3.14. The van der Waals surface area contributed by atoms with Gasteiger partial charge in [-0.15, -0.1) is 0 Å². The molecule has 2 aromatic rings. The highest BCUT2D eigenvalue weighted by Gasteiger charge is 2.30. The van der Waals surface area contributed by atoms with Crippen LogP contribution in [0, 0.1) is 6.92 Å². The van der Waals surface area contributed by atoms with Crippen LogP contribution in [-0.4, -0.2) is 27.8 Å². The number of para-hydroxylation sites is 1. The number of aromatic nitrogens is 2. The maximum absolute atomic E-state index is 11.3. The lowest BCUT2D eigenvalue weighted by atomic mass is 9.90. The fourth-order valence-electron chi connectivity index (χ4n) is 2.62. The van der Waals surface area contributed by atoms with E-state index in [4.69, 9.17) is 4.52 Å². The number of anilines is 1. The molecule has 104 valence electrons. The van der Waals surface area contributed by atoms with Gasteiger partial charge in [0.05, 0.1) is 12.5 Å². The van der Waals surface area contributed by atoms with E-state index in [1.807, 2.05) is 24.3 Å². The van der Waals surface area contributed by atoms with Gasteiger partial charge in [-0.2, -0.15) is 4.98 Å². The van der Waals surface area contributed by atoms with Crippen molar-refractivity contribution in [2.24, 2.45) is 0 Å². The van der Waals surface area contributed by atoms with Crippen molar-refractivity contribution in [3.05, 3.63) is 41.5 Å². The molecule has 1 aliphatic heterocycles. The van der Waals surface area contributed by atoms with Crippen molar-refractivity contribution in [1.82, 2.24) is 10.1 Å². The van der Waals surface area contributed by atoms with Gasteiger partial charge in [0.2, 0.25) is 5.89 Å². The number of benzene rings is 1. The summed E-state index contributed by atoms with van der Waals surface area (Å²) in [6, 6.07) is 7.59. The van der Waals surface area contributed by atoms with Gasteiger partial charge in [-0.3, -0.25) is 4.79 Å². The van der Waals surface area contributed by atoms with Crippen molar-refractivity contribution in [2.75, 3.05) is 11.4 Å². The summed E-state index contributed by atoms with van der Waals surface area (Å²) in [4.78, 5) is 17.6. The molecule has 0 fully saturated rings. The zero-order valence-electron chi connectivity index (χ0n) is 11.1. The molecule has 1 aromatic heterocycles. The fourth-order valence-corrected chi connectivity index (χ4v) is 2.62. The van der Waals surface area contributed by atoms with Gasteiger partial charge >= 0.3 is 5.97 Å². The summed E-state index contributed by atoms with van der Waals surface area (Å²) < 4.78 is 5.14. The quantitative estimate of drug-likeness (QED) is 0.920. The second-order valence-corrected chi connectivity index (χ2v) is 4.90. The molecular formula is C14H15N3O3. The summed E-state index contributed by atoms with van der Waals surface area (Å²) in [7, 11) is 0. The van der Waals surface area contributed by atoms with Gasteiger partial charge in [0.1, 0.15) is 0 Å². The molecule has 0 saturated carbocycles. The second kappa shape index (κ2) is 4.96. The van der Waals surface area contributed by atoms with Crippen LogP contribution >= 0.6 is 0 Å². The Labute approximate surface area is 116 Å². The van der Waals surface area contributed by atoms with Gasteiger partial charge in [0, 0.05) is 12.2 Å². The molecule has 3 rings (SSSR count). The lowest BCUT2D eigenvalue weighted by Crippen LogP contribution is -2.33. The third-order valence-electron chi connectivity index (χ3n) is 3.53. The summed E-state index contributed by atoms with van der Waals surface area (Å²) in [6.45, 7) is 2.94. The SMILES string of the molecule is Cc1noc(CN2CCC(C(=O)O)c3ccccc32)n1. The average Bonchev–Trinajstić information content (AvgIpc) is 2.84. The number of nitrogens with zero attached hydrogens (tertiary/aromatic N) is 3. The van der Waals surface area contributed by atoms with E-state index in [9.17, 15) is 9.90 Å². The van der Waals surface area contributed by atoms with Crippen molar-refractivity contribution >= 4 is 11.7 Å². The van der Waals surface area contributed by atoms with Crippen molar-refractivity contribution < 1.29 is 14.4 Å². The van der Waals surface area contributed by atoms with Crippen LogP contribution in [0.4, 0.5) is 5.69 Å². The van der Waals surface area contributed by atoms with Gasteiger partial charge in [0.15, 0.2) is 5.82 Å². The van der Waals surface area contributed by atoms with E-state index < -0.39 is 11.9 Å². The first-order valence-electron chi connectivity index (χ1n) is 6.51. The third kappa shape index (κ3) is 2.24. The Morgan fingerprint density at radius 1 is 1.50 bits per heavy atom. The van der Waals surface area contributed by atoms with Crippen LogP contribution < -0.4 is 4.90 Å². The summed E-state index contributed by atoms with van der Waals surface area (Å²) in [6.07, 6.45) is 0.583. The smallest absolute Gasteiger partial charge is 0.311 e. The van der Waals surface area contributed by atoms with Crippen molar-refractivity contribution in [3.8, 4) is 0 Å². The minimum atomic E-state index is -0.772. The monoisotopic (exact) mass is 273 g/mol. The molecule has 1 unspecified atom stereocenters. The highest BCUT2D eigenvalue weighted by Crippen LogP contribution is 2.35. The highest BCUT2D eigenvalue weighted by molar-refractivity contribution is 5.80. The van der Waals surface area contributed by atoms with Gasteiger partial charge in [-0.1, -0.05) is 23.4 Å². The van der Waals surface area contributed by atoms with E-state index in [1.54, 1.807) is 6.92 Å². The first-order valence-corrected chi connectivity index (χ1v) is 6.51. The molecule has 1 N–H and O–H groups in total. The van der Waals surface area contributed by atoms with Crippen LogP contribution in [0.3, 0.4) is 0 Å². The Hall–Kier alpha value is -2.37. The molecule has 6 heteroatoms. The number of rotatable bonds is 3. The van der Waals surface area contributed by atoms with Crippen LogP contribution in [-0.2, 0) is 11.3 Å². The Bertz CT molecular complexity index is 638. The highest BCUT2D eigenvalue weighted by atomic mass is 16.5. The lowest BCUT2D eigenvalue weighted by molar-refractivity contribution is -0.139. The van der Waals surface area contributed by atoms with Crippen molar-refractivity contribution in [2.45, 2.75) is 25.8 Å². The Morgan fingerprint density at radius 3 is 3.00 bits per heavy atom. The van der Waals surface area contributed by atoms with E-state index in [0.717, 1.165) is 11.3 Å². The van der Waals surface area contributed by atoms with Gasteiger partial charge < -0.3 is 14.5 Å². The van der Waals surface area contributed by atoms with Gasteiger partial charge in [-0.25, -0.2) is 0 Å². The number of aryl methyl sites for hydroxylation is 1. The zero-order valence-corrected chi connectivity index (χ0v) is 11.1. The molecule has 1 aliphatic rings. The first-order chi connectivity index (χ1) is 9.65. The normalized spacial score (nSPS) is 17.9. The third-order valence-corrected chi connectivity index (χ3v) is 3.53. The van der Waals surface area contributed by atoms with E-state index in [1.165, 1.54) is 0 Å². The maximum Gasteiger partial charge on any atom is 0.311 e. The van der Waals surface area contributed by atoms with Crippen LogP contribution in [0.5, 0.6) is 0 Å². The number of carboxylic acid groups (broad SMARTS) is 1. The number of carboxylic acids is 1. The van der Waals surface area contributed by atoms with Crippen molar-refractivity contribution in [1.29, 1.82) is 0 Å². The molecule has 0 aliphatic carbocycles. The molecule has 0 saturated heterocycles. The van der Waals surface area contributed by atoms with E-state index in [0.29, 0.717) is 31.2 Å². The summed E-state index contributed by atoms with van der Waals surface area (Å²) in [5, 5.41) is 13.1. The zero-order chi connectivity index (χ0) is 14.1. The van der Waals surface area contributed by atoms with Crippen LogP contribution in [0.2, 0.25) is 0 Å². The lowest BCUT2D eigenvalue weighted by Gasteiger charge is -2.33. The Balaban J connectivity index is 1.90. The number of hydrogen-bond donors (Lipinski definition) is 1. The molecular weight excluding hydrogens is 258 g/mol. The Morgan fingerprint density at radius 2 is 2.30 bits per heavy atom. The first kappa shape index (κ1) is 12.7. The van der Waals surface area contributed by atoms with Gasteiger partial charge in [-0.05, 0) is 25.0 Å². The number of hydrogen-bond acceptors (Lipinski definition) is 5. The maximum atomic E-state index is 11.3. The molecule has 0 bridgehead atoms. The topological polar surface area (TPSA) is 79.5 Å². The summed E-state index contributed by atoms with van der Waals surface area (Å²) in [5.41, 5.74) is 1.78. The molecule has 1 atom stereocenters. The van der Waals surface area contributed by atoms with Crippen LogP contribution in [0.25, 0.3) is 0 Å². The minimum Gasteiger partial charge on any atom is -0.481 e. The molecule has 2 heterocycles. The van der Waals surface area contributed by atoms with Crippen LogP contribution in [0.15, 0.2) is 28.8 Å². The molecule has 20 heavy (non-hydrogen) atoms. The minimum absolute atomic E-state index is 0.438. The second-order valence-electron chi connectivity index (χ2n) is 4.90. The summed E-state index contributed by atoms with van der Waals surface area (Å²) in [5.74, 6) is -0.0580. The number of carbonyl (C=O) groups is 1. The number of aliphatic carboxylic acids is 1. The average molecular weight is 273 g/mol. The molecule has 1 aromatic carbocycles. The van der Waals surface area contributed by atoms with E-state index >= 15 is 0 Å². The molecule has 6 nitrogen and oxygen atoms in total.